The van der Waals surface area contributed by atoms with Crippen LogP contribution >= 0.6 is 0 Å². The molecule has 0 aliphatic rings. The summed E-state index contributed by atoms with van der Waals surface area (Å²) in [7, 11) is 0. The zero-order valence-electron chi connectivity index (χ0n) is 11.1. The molecule has 2 aromatic carbocycles. The van der Waals surface area contributed by atoms with E-state index in [2.05, 4.69) is 0 Å². The zero-order valence-corrected chi connectivity index (χ0v) is 14.2. The van der Waals surface area contributed by atoms with E-state index < -0.39 is 24.1 Å². The molecule has 0 spiro atoms. The van der Waals surface area contributed by atoms with E-state index in [1.54, 1.807) is 0 Å². The van der Waals surface area contributed by atoms with Crippen LogP contribution in [0.3, 0.4) is 0 Å². The monoisotopic (exact) mass is 326 g/mol. The topological polar surface area (TPSA) is 9.23 Å². The van der Waals surface area contributed by atoms with Gasteiger partial charge in [0.15, 0.2) is 0 Å². The third-order valence-corrected chi connectivity index (χ3v) is 2.67. The van der Waals surface area contributed by atoms with Crippen molar-refractivity contribution in [2.75, 3.05) is 0 Å². The van der Waals surface area contributed by atoms with Crippen LogP contribution in [0.2, 0.25) is 0 Å². The molecule has 106 valence electrons. The van der Waals surface area contributed by atoms with Crippen molar-refractivity contribution in [3.8, 4) is 5.75 Å². The number of benzene rings is 2. The predicted octanol–water partition coefficient (Wildman–Crippen LogP) is 0.602. The maximum Gasteiger partial charge on any atom is 1.00 e. The molecule has 0 saturated heterocycles. The first-order chi connectivity index (χ1) is 9.36. The van der Waals surface area contributed by atoms with Gasteiger partial charge in [0.2, 0.25) is 0 Å². The molecular weight excluding hydrogens is 317 g/mol. The van der Waals surface area contributed by atoms with Gasteiger partial charge in [0.1, 0.15) is 24.0 Å². The average Bonchev–Trinajstić information content (AvgIpc) is 2.37. The molecule has 0 aromatic heterocycles. The number of hydrogen-bond acceptors (Lipinski definition) is 1. The van der Waals surface area contributed by atoms with E-state index in [4.69, 9.17) is 4.74 Å². The van der Waals surface area contributed by atoms with Gasteiger partial charge >= 0.3 is 58.4 Å². The second kappa shape index (κ2) is 7.73. The summed E-state index contributed by atoms with van der Waals surface area (Å²) in [6, 6.07) is 7.13. The van der Waals surface area contributed by atoms with Gasteiger partial charge in [-0.1, -0.05) is 12.1 Å². The molecule has 0 N–H and O–H groups in total. The normalized spacial score (nSPS) is 10.9. The van der Waals surface area contributed by atoms with Crippen LogP contribution in [0.25, 0.3) is 0 Å². The SMILES string of the molecule is Fc1ccc(COc2ccc([B-](F)(F)F)cc2)c(F)c1.[K+]. The standard InChI is InChI=1S/C13H9BF5O.K/c15-11-4-1-9(13(16)7-11)8-20-12-5-2-10(3-6-12)14(17,18)19;/h1-7H,8H2;/q-1;+1. The van der Waals surface area contributed by atoms with Crippen molar-refractivity contribution < 1.29 is 77.8 Å². The summed E-state index contributed by atoms with van der Waals surface area (Å²) < 4.78 is 68.3. The summed E-state index contributed by atoms with van der Waals surface area (Å²) >= 11 is 0. The fraction of sp³-hybridized carbons (Fsp3) is 0.0769. The Hall–Kier alpha value is -0.409. The summed E-state index contributed by atoms with van der Waals surface area (Å²) in [5, 5.41) is 0. The van der Waals surface area contributed by atoms with Crippen LogP contribution in [0.15, 0.2) is 42.5 Å². The smallest absolute Gasteiger partial charge is 0.489 e. The van der Waals surface area contributed by atoms with Crippen molar-refractivity contribution in [1.29, 1.82) is 0 Å². The quantitative estimate of drug-likeness (QED) is 0.591. The molecule has 0 bridgehead atoms. The minimum Gasteiger partial charge on any atom is -0.489 e. The van der Waals surface area contributed by atoms with Gasteiger partial charge < -0.3 is 17.7 Å². The maximum absolute atomic E-state index is 13.3. The van der Waals surface area contributed by atoms with Gasteiger partial charge in [-0.15, -0.1) is 5.46 Å². The summed E-state index contributed by atoms with van der Waals surface area (Å²) in [6.45, 7) is -5.24. The van der Waals surface area contributed by atoms with Gasteiger partial charge in [0.05, 0.1) is 0 Å². The van der Waals surface area contributed by atoms with Gasteiger partial charge in [-0.05, 0) is 24.3 Å². The Labute approximate surface area is 161 Å². The minimum atomic E-state index is -5.05. The number of ether oxygens (including phenoxy) is 1. The van der Waals surface area contributed by atoms with Crippen molar-refractivity contribution in [3.63, 3.8) is 0 Å². The van der Waals surface area contributed by atoms with Gasteiger partial charge in [-0.25, -0.2) is 8.78 Å². The molecule has 0 heterocycles. The van der Waals surface area contributed by atoms with Gasteiger partial charge in [-0.3, -0.25) is 0 Å². The molecule has 0 fully saturated rings. The Balaban J connectivity index is 0.00000220. The van der Waals surface area contributed by atoms with E-state index in [1.165, 1.54) is 6.07 Å². The van der Waals surface area contributed by atoms with E-state index in [0.717, 1.165) is 30.3 Å². The molecule has 0 amide bonds. The summed E-state index contributed by atoms with van der Waals surface area (Å²) in [5.41, 5.74) is -0.610. The van der Waals surface area contributed by atoms with E-state index in [0.29, 0.717) is 6.07 Å². The average molecular weight is 326 g/mol. The fourth-order valence-electron chi connectivity index (χ4n) is 1.58. The second-order valence-corrected chi connectivity index (χ2v) is 4.17. The molecular formula is C13H9BF5KO. The fourth-order valence-corrected chi connectivity index (χ4v) is 1.58. The van der Waals surface area contributed by atoms with Crippen LogP contribution in [0.4, 0.5) is 21.7 Å². The largest absolute Gasteiger partial charge is 1.00 e. The molecule has 0 aliphatic carbocycles. The molecule has 0 radical (unpaired) electrons. The molecule has 1 nitrogen and oxygen atoms in total. The third kappa shape index (κ3) is 5.37. The minimum absolute atomic E-state index is 0. The van der Waals surface area contributed by atoms with Crippen LogP contribution in [-0.4, -0.2) is 6.98 Å². The predicted molar refractivity (Wildman–Crippen MR) is 65.8 cm³/mol. The number of rotatable bonds is 4. The van der Waals surface area contributed by atoms with Crippen molar-refractivity contribution in [2.24, 2.45) is 0 Å². The van der Waals surface area contributed by atoms with Crippen molar-refractivity contribution in [2.45, 2.75) is 6.61 Å². The summed E-state index contributed by atoms with van der Waals surface area (Å²) in [6.07, 6.45) is 0. The van der Waals surface area contributed by atoms with Crippen LogP contribution in [0, 0.1) is 11.6 Å². The van der Waals surface area contributed by atoms with Crippen LogP contribution in [-0.2, 0) is 6.61 Å². The van der Waals surface area contributed by atoms with E-state index >= 15 is 0 Å². The molecule has 2 aromatic rings. The first-order valence-electron chi connectivity index (χ1n) is 5.73. The van der Waals surface area contributed by atoms with Crippen molar-refractivity contribution in [1.82, 2.24) is 0 Å². The Kier molecular flexibility index (Phi) is 6.86. The van der Waals surface area contributed by atoms with Crippen molar-refractivity contribution >= 4 is 12.4 Å². The zero-order chi connectivity index (χ0) is 14.8. The first kappa shape index (κ1) is 18.6. The Morgan fingerprint density at radius 1 is 0.905 bits per heavy atom. The Morgan fingerprint density at radius 3 is 2.05 bits per heavy atom. The van der Waals surface area contributed by atoms with E-state index in [1.807, 2.05) is 0 Å². The molecule has 0 aliphatic heterocycles. The molecule has 0 atom stereocenters. The number of hydrogen-bond donors (Lipinski definition) is 0. The Bertz CT molecular complexity index is 601. The van der Waals surface area contributed by atoms with E-state index in [9.17, 15) is 21.7 Å². The van der Waals surface area contributed by atoms with Crippen LogP contribution in [0.1, 0.15) is 5.56 Å². The summed E-state index contributed by atoms with van der Waals surface area (Å²) in [5.74, 6) is -1.29. The molecule has 0 saturated carbocycles. The second-order valence-electron chi connectivity index (χ2n) is 4.17. The van der Waals surface area contributed by atoms with Gasteiger partial charge in [-0.2, -0.15) is 0 Å². The molecule has 21 heavy (non-hydrogen) atoms. The Morgan fingerprint density at radius 2 is 1.52 bits per heavy atom. The van der Waals surface area contributed by atoms with Crippen LogP contribution in [0.5, 0.6) is 5.75 Å². The first-order valence-corrected chi connectivity index (χ1v) is 5.73. The maximum atomic E-state index is 13.3. The van der Waals surface area contributed by atoms with Crippen LogP contribution < -0.4 is 61.6 Å². The summed E-state index contributed by atoms with van der Waals surface area (Å²) in [4.78, 5) is 0. The van der Waals surface area contributed by atoms with Gasteiger partial charge in [0.25, 0.3) is 0 Å². The molecule has 8 heteroatoms. The molecule has 2 rings (SSSR count). The third-order valence-electron chi connectivity index (χ3n) is 2.67. The van der Waals surface area contributed by atoms with Crippen molar-refractivity contribution in [3.05, 3.63) is 59.7 Å². The van der Waals surface area contributed by atoms with Gasteiger partial charge in [0, 0.05) is 11.6 Å². The molecule has 0 unspecified atom stereocenters. The van der Waals surface area contributed by atoms with E-state index in [-0.39, 0.29) is 69.3 Å². The number of halogens is 5.